The van der Waals surface area contributed by atoms with Crippen LogP contribution in [0.15, 0.2) is 17.8 Å². The number of nitrogens with zero attached hydrogens (tertiary/aromatic N) is 1. The van der Waals surface area contributed by atoms with Gasteiger partial charge in [0, 0.05) is 13.3 Å². The van der Waals surface area contributed by atoms with Crippen molar-refractivity contribution >= 4 is 6.72 Å². The number of hydrazone groups is 1. The van der Waals surface area contributed by atoms with Crippen LogP contribution in [0.1, 0.15) is 6.42 Å². The minimum atomic E-state index is 0.840. The standard InChI is InChI=1S/C5H10N2/c1-3-4-5-7-6-2/h3,7H,1-2,4-5H2. The number of hydrogen-bond acceptors (Lipinski definition) is 2. The Kier molecular flexibility index (Phi) is 4.62. The molecule has 0 saturated heterocycles. The summed E-state index contributed by atoms with van der Waals surface area (Å²) in [5, 5.41) is 3.43. The fraction of sp³-hybridized carbons (Fsp3) is 0.400. The molecule has 0 heterocycles. The lowest BCUT2D eigenvalue weighted by Crippen LogP contribution is -2.04. The lowest BCUT2D eigenvalue weighted by molar-refractivity contribution is 0.749. The molecule has 0 aliphatic carbocycles. The lowest BCUT2D eigenvalue weighted by Gasteiger charge is -1.90. The highest BCUT2D eigenvalue weighted by molar-refractivity contribution is 5.22. The van der Waals surface area contributed by atoms with Crippen LogP contribution in [0.25, 0.3) is 0 Å². The van der Waals surface area contributed by atoms with Gasteiger partial charge in [0.1, 0.15) is 0 Å². The fourth-order valence-corrected chi connectivity index (χ4v) is 0.246. The summed E-state index contributed by atoms with van der Waals surface area (Å²) in [5.74, 6) is 0. The second kappa shape index (κ2) is 5.21. The molecule has 0 unspecified atom stereocenters. The van der Waals surface area contributed by atoms with Gasteiger partial charge >= 0.3 is 0 Å². The molecule has 2 heteroatoms. The van der Waals surface area contributed by atoms with Crippen LogP contribution in [0.5, 0.6) is 0 Å². The Hall–Kier alpha value is -0.790. The molecule has 7 heavy (non-hydrogen) atoms. The molecule has 0 atom stereocenters. The first-order valence-electron chi connectivity index (χ1n) is 2.21. The van der Waals surface area contributed by atoms with E-state index in [4.69, 9.17) is 0 Å². The molecule has 0 amide bonds. The normalized spacial score (nSPS) is 7.43. The molecule has 0 aromatic carbocycles. The van der Waals surface area contributed by atoms with E-state index in [-0.39, 0.29) is 0 Å². The van der Waals surface area contributed by atoms with Gasteiger partial charge in [-0.1, -0.05) is 6.08 Å². The van der Waals surface area contributed by atoms with Gasteiger partial charge in [-0.25, -0.2) is 0 Å². The Labute approximate surface area is 43.9 Å². The molecular formula is C5H10N2. The van der Waals surface area contributed by atoms with E-state index in [2.05, 4.69) is 23.8 Å². The van der Waals surface area contributed by atoms with Crippen LogP contribution < -0.4 is 5.43 Å². The van der Waals surface area contributed by atoms with E-state index in [1.807, 2.05) is 6.08 Å². The second-order valence-electron chi connectivity index (χ2n) is 1.14. The van der Waals surface area contributed by atoms with Gasteiger partial charge in [-0.15, -0.1) is 6.58 Å². The highest BCUT2D eigenvalue weighted by Crippen LogP contribution is 1.72. The quantitative estimate of drug-likeness (QED) is 0.239. The Bertz CT molecular complexity index is 51.1. The number of rotatable bonds is 4. The van der Waals surface area contributed by atoms with Crippen molar-refractivity contribution in [3.63, 3.8) is 0 Å². The predicted octanol–water partition coefficient (Wildman–Crippen LogP) is 0.768. The van der Waals surface area contributed by atoms with Gasteiger partial charge in [-0.3, -0.25) is 0 Å². The second-order valence-corrected chi connectivity index (χ2v) is 1.14. The molecule has 0 saturated carbocycles. The Morgan fingerprint density at radius 2 is 2.43 bits per heavy atom. The Morgan fingerprint density at radius 1 is 1.71 bits per heavy atom. The summed E-state index contributed by atoms with van der Waals surface area (Å²) in [6.45, 7) is 7.61. The smallest absolute Gasteiger partial charge is 0.0363 e. The van der Waals surface area contributed by atoms with Crippen molar-refractivity contribution < 1.29 is 0 Å². The fourth-order valence-electron chi connectivity index (χ4n) is 0.246. The molecule has 0 spiro atoms. The topological polar surface area (TPSA) is 24.4 Å². The zero-order valence-electron chi connectivity index (χ0n) is 4.35. The molecule has 0 radical (unpaired) electrons. The van der Waals surface area contributed by atoms with Gasteiger partial charge in [0.15, 0.2) is 0 Å². The van der Waals surface area contributed by atoms with Crippen LogP contribution >= 0.6 is 0 Å². The first kappa shape index (κ1) is 6.21. The lowest BCUT2D eigenvalue weighted by atomic mass is 10.4. The average Bonchev–Trinajstić information content (AvgIpc) is 1.69. The monoisotopic (exact) mass is 98.1 g/mol. The zero-order valence-corrected chi connectivity index (χ0v) is 4.35. The van der Waals surface area contributed by atoms with Crippen molar-refractivity contribution in [1.82, 2.24) is 5.43 Å². The van der Waals surface area contributed by atoms with Crippen molar-refractivity contribution in [2.24, 2.45) is 5.10 Å². The molecule has 0 bridgehead atoms. The van der Waals surface area contributed by atoms with Crippen LogP contribution in [0.2, 0.25) is 0 Å². The highest BCUT2D eigenvalue weighted by Gasteiger charge is 1.70. The molecule has 0 aliphatic heterocycles. The maximum Gasteiger partial charge on any atom is 0.0363 e. The molecule has 0 aromatic heterocycles. The third-order valence-electron chi connectivity index (χ3n) is 0.572. The molecule has 2 nitrogen and oxygen atoms in total. The van der Waals surface area contributed by atoms with Crippen LogP contribution in [-0.2, 0) is 0 Å². The summed E-state index contributed by atoms with van der Waals surface area (Å²) < 4.78 is 0. The Balaban J connectivity index is 2.68. The number of hydrogen-bond donors (Lipinski definition) is 1. The van der Waals surface area contributed by atoms with Crippen molar-refractivity contribution in [2.75, 3.05) is 6.54 Å². The molecule has 0 aliphatic rings. The van der Waals surface area contributed by atoms with E-state index in [1.54, 1.807) is 0 Å². The Morgan fingerprint density at radius 3 is 2.86 bits per heavy atom. The summed E-state index contributed by atoms with van der Waals surface area (Å²) in [6, 6.07) is 0. The highest BCUT2D eigenvalue weighted by atomic mass is 15.3. The molecule has 0 fully saturated rings. The van der Waals surface area contributed by atoms with Crippen LogP contribution in [0.3, 0.4) is 0 Å². The summed E-state index contributed by atoms with van der Waals surface area (Å²) >= 11 is 0. The van der Waals surface area contributed by atoms with Crippen molar-refractivity contribution in [3.05, 3.63) is 12.7 Å². The van der Waals surface area contributed by atoms with Crippen LogP contribution in [0, 0.1) is 0 Å². The molecule has 0 rings (SSSR count). The van der Waals surface area contributed by atoms with Crippen LogP contribution in [-0.4, -0.2) is 13.3 Å². The molecular weight excluding hydrogens is 88.1 g/mol. The van der Waals surface area contributed by atoms with Gasteiger partial charge in [0.2, 0.25) is 0 Å². The minimum absolute atomic E-state index is 0.840. The van der Waals surface area contributed by atoms with Crippen molar-refractivity contribution in [1.29, 1.82) is 0 Å². The maximum atomic E-state index is 3.53. The van der Waals surface area contributed by atoms with Crippen molar-refractivity contribution in [3.8, 4) is 0 Å². The third kappa shape index (κ3) is 5.21. The average molecular weight is 98.1 g/mol. The van der Waals surface area contributed by atoms with E-state index in [0.29, 0.717) is 0 Å². The van der Waals surface area contributed by atoms with Gasteiger partial charge < -0.3 is 5.43 Å². The van der Waals surface area contributed by atoms with E-state index in [1.165, 1.54) is 0 Å². The largest absolute Gasteiger partial charge is 0.310 e. The predicted molar refractivity (Wildman–Crippen MR) is 32.4 cm³/mol. The van der Waals surface area contributed by atoms with Gasteiger partial charge in [-0.05, 0) is 6.42 Å². The van der Waals surface area contributed by atoms with Crippen LogP contribution in [0.4, 0.5) is 0 Å². The minimum Gasteiger partial charge on any atom is -0.310 e. The summed E-state index contributed by atoms with van der Waals surface area (Å²) in [6.07, 6.45) is 2.78. The summed E-state index contributed by atoms with van der Waals surface area (Å²) in [7, 11) is 0. The van der Waals surface area contributed by atoms with Gasteiger partial charge in [-0.2, -0.15) is 5.10 Å². The maximum absolute atomic E-state index is 3.53. The van der Waals surface area contributed by atoms with E-state index >= 15 is 0 Å². The van der Waals surface area contributed by atoms with Gasteiger partial charge in [0.05, 0.1) is 0 Å². The SMILES string of the molecule is C=CCCNN=C. The van der Waals surface area contributed by atoms with Gasteiger partial charge in [0.25, 0.3) is 0 Å². The summed E-state index contributed by atoms with van der Waals surface area (Å²) in [4.78, 5) is 0. The molecule has 1 N–H and O–H groups in total. The third-order valence-corrected chi connectivity index (χ3v) is 0.572. The van der Waals surface area contributed by atoms with Crippen molar-refractivity contribution in [2.45, 2.75) is 6.42 Å². The zero-order chi connectivity index (χ0) is 5.54. The van der Waals surface area contributed by atoms with E-state index in [0.717, 1.165) is 13.0 Å². The molecule has 0 aromatic rings. The van der Waals surface area contributed by atoms with E-state index < -0.39 is 0 Å². The number of nitrogens with one attached hydrogen (secondary N) is 1. The first-order chi connectivity index (χ1) is 3.41. The molecule has 40 valence electrons. The summed E-state index contributed by atoms with van der Waals surface area (Å²) in [5.41, 5.74) is 2.69. The van der Waals surface area contributed by atoms with E-state index in [9.17, 15) is 0 Å². The first-order valence-corrected chi connectivity index (χ1v) is 2.21.